The molecule has 2 rings (SSSR count). The summed E-state index contributed by atoms with van der Waals surface area (Å²) < 4.78 is 26.6. The maximum absolute atomic E-state index is 12.5. The Hall–Kier alpha value is -1.09. The van der Waals surface area contributed by atoms with Crippen molar-refractivity contribution in [1.82, 2.24) is 9.62 Å². The van der Waals surface area contributed by atoms with Gasteiger partial charge in [0.25, 0.3) is 0 Å². The first-order valence-electron chi connectivity index (χ1n) is 8.49. The van der Waals surface area contributed by atoms with E-state index in [-0.39, 0.29) is 17.7 Å². The van der Waals surface area contributed by atoms with Gasteiger partial charge in [-0.15, -0.1) is 0 Å². The Kier molecular flexibility index (Phi) is 7.74. The molecule has 0 aliphatic carbocycles. The number of hydrogen-bond donors (Lipinski definition) is 2. The van der Waals surface area contributed by atoms with Crippen LogP contribution in [0.3, 0.4) is 0 Å². The molecule has 1 fully saturated rings. The van der Waals surface area contributed by atoms with Gasteiger partial charge >= 0.3 is 0 Å². The number of rotatable bonds is 8. The highest BCUT2D eigenvalue weighted by atomic mass is 32.2. The Bertz CT molecular complexity index is 644. The smallest absolute Gasteiger partial charge is 0.237 e. The van der Waals surface area contributed by atoms with Gasteiger partial charge in [0.05, 0.1) is 11.8 Å². The number of sulfonamides is 1. The van der Waals surface area contributed by atoms with Gasteiger partial charge in [-0.25, -0.2) is 12.7 Å². The number of amides is 1. The van der Waals surface area contributed by atoms with Crippen LogP contribution >= 0.6 is 11.8 Å². The number of hydrogen-bond acceptors (Lipinski definition) is 5. The number of nitrogens with two attached hydrogens (primary N) is 1. The lowest BCUT2D eigenvalue weighted by Gasteiger charge is -2.32. The predicted octanol–water partition coefficient (Wildman–Crippen LogP) is 1.18. The molecule has 1 amide bonds. The number of piperidine rings is 1. The summed E-state index contributed by atoms with van der Waals surface area (Å²) in [5.74, 6) is 0.731. The standard InChI is InChI=1S/C17H27N3O3S2/c1-24-12-9-16(18)17(21)19-15-7-10-20(11-8-15)25(22,23)13-14-5-3-2-4-6-14/h2-6,15-16H,7-13,18H2,1H3,(H,19,21)/t16-/m0/s1. The summed E-state index contributed by atoms with van der Waals surface area (Å²) in [7, 11) is -3.32. The van der Waals surface area contributed by atoms with Gasteiger partial charge in [-0.05, 0) is 36.8 Å². The molecule has 140 valence electrons. The van der Waals surface area contributed by atoms with Crippen LogP contribution in [-0.2, 0) is 20.6 Å². The molecule has 25 heavy (non-hydrogen) atoms. The van der Waals surface area contributed by atoms with E-state index >= 15 is 0 Å². The Balaban J connectivity index is 1.81. The molecule has 0 saturated carbocycles. The predicted molar refractivity (Wildman–Crippen MR) is 103 cm³/mol. The minimum atomic E-state index is -3.32. The van der Waals surface area contributed by atoms with Crippen molar-refractivity contribution in [3.63, 3.8) is 0 Å². The molecule has 1 aliphatic rings. The summed E-state index contributed by atoms with van der Waals surface area (Å²) >= 11 is 1.66. The normalized spacial score (nSPS) is 18.0. The maximum atomic E-state index is 12.5. The Morgan fingerprint density at radius 1 is 1.32 bits per heavy atom. The van der Waals surface area contributed by atoms with Gasteiger partial charge < -0.3 is 11.1 Å². The van der Waals surface area contributed by atoms with Crippen LogP contribution in [-0.4, -0.2) is 55.8 Å². The van der Waals surface area contributed by atoms with Gasteiger partial charge in [-0.3, -0.25) is 4.79 Å². The molecule has 0 aromatic heterocycles. The lowest BCUT2D eigenvalue weighted by molar-refractivity contribution is -0.123. The highest BCUT2D eigenvalue weighted by Crippen LogP contribution is 2.18. The minimum absolute atomic E-state index is 0.00370. The molecule has 0 spiro atoms. The van der Waals surface area contributed by atoms with E-state index in [2.05, 4.69) is 5.32 Å². The van der Waals surface area contributed by atoms with E-state index in [0.717, 1.165) is 11.3 Å². The number of carbonyl (C=O) groups is 1. The fourth-order valence-electron chi connectivity index (χ4n) is 2.84. The summed E-state index contributed by atoms with van der Waals surface area (Å²) in [5, 5.41) is 2.95. The highest BCUT2D eigenvalue weighted by Gasteiger charge is 2.29. The minimum Gasteiger partial charge on any atom is -0.352 e. The second-order valence-electron chi connectivity index (χ2n) is 6.31. The van der Waals surface area contributed by atoms with E-state index in [1.807, 2.05) is 36.6 Å². The third kappa shape index (κ3) is 6.29. The van der Waals surface area contributed by atoms with E-state index in [9.17, 15) is 13.2 Å². The molecule has 1 aliphatic heterocycles. The SMILES string of the molecule is CSCC[C@H](N)C(=O)NC1CCN(S(=O)(=O)Cc2ccccc2)CC1. The van der Waals surface area contributed by atoms with E-state index in [1.165, 1.54) is 4.31 Å². The van der Waals surface area contributed by atoms with Gasteiger partial charge in [0.15, 0.2) is 0 Å². The number of nitrogens with zero attached hydrogens (tertiary/aromatic N) is 1. The largest absolute Gasteiger partial charge is 0.352 e. The van der Waals surface area contributed by atoms with Gasteiger partial charge in [-0.1, -0.05) is 30.3 Å². The van der Waals surface area contributed by atoms with Crippen molar-refractivity contribution in [1.29, 1.82) is 0 Å². The fraction of sp³-hybridized carbons (Fsp3) is 0.588. The summed E-state index contributed by atoms with van der Waals surface area (Å²) in [6.45, 7) is 0.861. The van der Waals surface area contributed by atoms with Crippen LogP contribution in [0, 0.1) is 0 Å². The molecule has 1 heterocycles. The van der Waals surface area contributed by atoms with Crippen molar-refractivity contribution >= 4 is 27.7 Å². The zero-order valence-corrected chi connectivity index (χ0v) is 16.2. The van der Waals surface area contributed by atoms with E-state index < -0.39 is 16.1 Å². The van der Waals surface area contributed by atoms with Crippen LogP contribution in [0.15, 0.2) is 30.3 Å². The van der Waals surface area contributed by atoms with Crippen molar-refractivity contribution in [2.45, 2.75) is 37.1 Å². The summed E-state index contributed by atoms with van der Waals surface area (Å²) in [5.41, 5.74) is 6.66. The zero-order chi connectivity index (χ0) is 18.3. The first-order chi connectivity index (χ1) is 11.9. The number of carbonyl (C=O) groups excluding carboxylic acids is 1. The van der Waals surface area contributed by atoms with E-state index in [0.29, 0.717) is 32.4 Å². The summed E-state index contributed by atoms with van der Waals surface area (Å²) in [4.78, 5) is 12.1. The monoisotopic (exact) mass is 385 g/mol. The van der Waals surface area contributed by atoms with E-state index in [4.69, 9.17) is 5.73 Å². The average molecular weight is 386 g/mol. The fourth-order valence-corrected chi connectivity index (χ4v) is 4.89. The van der Waals surface area contributed by atoms with Crippen molar-refractivity contribution in [2.24, 2.45) is 5.73 Å². The molecule has 0 bridgehead atoms. The summed E-state index contributed by atoms with van der Waals surface area (Å²) in [6, 6.07) is 8.69. The quantitative estimate of drug-likeness (QED) is 0.701. The van der Waals surface area contributed by atoms with Crippen LogP contribution in [0.25, 0.3) is 0 Å². The Morgan fingerprint density at radius 3 is 2.56 bits per heavy atom. The van der Waals surface area contributed by atoms with Crippen LogP contribution in [0.5, 0.6) is 0 Å². The molecule has 1 saturated heterocycles. The van der Waals surface area contributed by atoms with Crippen LogP contribution in [0.1, 0.15) is 24.8 Å². The molecule has 1 aromatic rings. The lowest BCUT2D eigenvalue weighted by Crippen LogP contribution is -2.50. The molecular weight excluding hydrogens is 358 g/mol. The molecule has 0 radical (unpaired) electrons. The molecule has 0 unspecified atom stereocenters. The van der Waals surface area contributed by atoms with Crippen LogP contribution < -0.4 is 11.1 Å². The zero-order valence-electron chi connectivity index (χ0n) is 14.6. The summed E-state index contributed by atoms with van der Waals surface area (Å²) in [6.07, 6.45) is 3.87. The van der Waals surface area contributed by atoms with Gasteiger partial charge in [-0.2, -0.15) is 11.8 Å². The number of nitrogens with one attached hydrogen (secondary N) is 1. The van der Waals surface area contributed by atoms with Crippen molar-refractivity contribution in [3.05, 3.63) is 35.9 Å². The molecule has 6 nitrogen and oxygen atoms in total. The van der Waals surface area contributed by atoms with Crippen molar-refractivity contribution in [2.75, 3.05) is 25.1 Å². The topological polar surface area (TPSA) is 92.5 Å². The molecular formula is C17H27N3O3S2. The van der Waals surface area contributed by atoms with Gasteiger partial charge in [0.2, 0.25) is 15.9 Å². The van der Waals surface area contributed by atoms with Gasteiger partial charge in [0.1, 0.15) is 0 Å². The Morgan fingerprint density at radius 2 is 1.96 bits per heavy atom. The highest BCUT2D eigenvalue weighted by molar-refractivity contribution is 7.98. The van der Waals surface area contributed by atoms with Crippen LogP contribution in [0.4, 0.5) is 0 Å². The number of thioether (sulfide) groups is 1. The molecule has 1 aromatic carbocycles. The molecule has 3 N–H and O–H groups in total. The second-order valence-corrected chi connectivity index (χ2v) is 9.27. The first kappa shape index (κ1) is 20.2. The third-order valence-corrected chi connectivity index (χ3v) is 6.85. The number of benzene rings is 1. The van der Waals surface area contributed by atoms with Gasteiger partial charge in [0, 0.05) is 19.1 Å². The van der Waals surface area contributed by atoms with E-state index in [1.54, 1.807) is 11.8 Å². The van der Waals surface area contributed by atoms with Crippen LogP contribution in [0.2, 0.25) is 0 Å². The second kappa shape index (κ2) is 9.56. The Labute approximate surface area is 154 Å². The third-order valence-electron chi connectivity index (χ3n) is 4.36. The molecule has 1 atom stereocenters. The lowest BCUT2D eigenvalue weighted by atomic mass is 10.1. The molecule has 8 heteroatoms. The maximum Gasteiger partial charge on any atom is 0.237 e. The first-order valence-corrected chi connectivity index (χ1v) is 11.5. The average Bonchev–Trinajstić information content (AvgIpc) is 2.60. The van der Waals surface area contributed by atoms with Crippen molar-refractivity contribution < 1.29 is 13.2 Å². The van der Waals surface area contributed by atoms with Crippen molar-refractivity contribution in [3.8, 4) is 0 Å².